The van der Waals surface area contributed by atoms with E-state index in [1.54, 1.807) is 18.2 Å². The molecule has 1 aromatic rings. The fraction of sp³-hybridized carbons (Fsp3) is 0.100. The lowest BCUT2D eigenvalue weighted by Gasteiger charge is -2.04. The highest BCUT2D eigenvalue weighted by molar-refractivity contribution is 6.44. The third kappa shape index (κ3) is 2.04. The van der Waals surface area contributed by atoms with Crippen molar-refractivity contribution in [3.05, 3.63) is 29.8 Å². The van der Waals surface area contributed by atoms with Crippen LogP contribution in [0.25, 0.3) is 0 Å². The number of nitrogens with one attached hydrogen (secondary N) is 1. The lowest BCUT2D eigenvalue weighted by atomic mass is 10.1. The summed E-state index contributed by atoms with van der Waals surface area (Å²) in [5, 5.41) is 2.36. The number of para-hydroxylation sites is 1. The molecule has 0 saturated carbocycles. The molecule has 1 rings (SSSR count). The van der Waals surface area contributed by atoms with Crippen molar-refractivity contribution >= 4 is 23.7 Å². The van der Waals surface area contributed by atoms with Gasteiger partial charge in [-0.3, -0.25) is 14.4 Å². The van der Waals surface area contributed by atoms with Crippen molar-refractivity contribution in [2.24, 2.45) is 0 Å². The molecular weight excluding hydrogens is 182 g/mol. The van der Waals surface area contributed by atoms with Gasteiger partial charge >= 0.3 is 0 Å². The van der Waals surface area contributed by atoms with Crippen LogP contribution in [0.1, 0.15) is 17.3 Å². The number of carbonyl (C=O) groups excluding carboxylic acids is 3. The van der Waals surface area contributed by atoms with Crippen LogP contribution in [-0.4, -0.2) is 18.0 Å². The van der Waals surface area contributed by atoms with Crippen LogP contribution in [0.2, 0.25) is 0 Å². The number of carbonyl (C=O) groups is 3. The molecule has 0 aromatic heterocycles. The minimum atomic E-state index is -0.602. The highest BCUT2D eigenvalue weighted by Gasteiger charge is 2.14. The Morgan fingerprint density at radius 1 is 1.29 bits per heavy atom. The van der Waals surface area contributed by atoms with Crippen molar-refractivity contribution in [2.75, 3.05) is 5.32 Å². The maximum absolute atomic E-state index is 11.3. The number of Topliss-reactive ketones (excluding diaryl/α,β-unsaturated/α-hetero) is 2. The average Bonchev–Trinajstić information content (AvgIpc) is 2.18. The van der Waals surface area contributed by atoms with E-state index in [1.165, 1.54) is 13.0 Å². The van der Waals surface area contributed by atoms with Crippen LogP contribution in [0, 0.1) is 0 Å². The lowest BCUT2D eigenvalue weighted by molar-refractivity contribution is -0.113. The molecule has 0 aliphatic heterocycles. The van der Waals surface area contributed by atoms with E-state index in [0.717, 1.165) is 0 Å². The lowest BCUT2D eigenvalue weighted by Crippen LogP contribution is -2.12. The summed E-state index contributed by atoms with van der Waals surface area (Å²) < 4.78 is 0. The average molecular weight is 191 g/mol. The first-order chi connectivity index (χ1) is 6.66. The van der Waals surface area contributed by atoms with E-state index in [1.807, 2.05) is 0 Å². The van der Waals surface area contributed by atoms with E-state index in [-0.39, 0.29) is 5.56 Å². The number of hydrogen-bond donors (Lipinski definition) is 1. The first-order valence-corrected chi connectivity index (χ1v) is 4.01. The summed E-state index contributed by atoms with van der Waals surface area (Å²) in [5.74, 6) is -1.15. The summed E-state index contributed by atoms with van der Waals surface area (Å²) >= 11 is 0. The molecule has 4 heteroatoms. The van der Waals surface area contributed by atoms with Crippen LogP contribution >= 0.6 is 0 Å². The van der Waals surface area contributed by atoms with Crippen molar-refractivity contribution in [1.29, 1.82) is 0 Å². The van der Waals surface area contributed by atoms with Crippen LogP contribution in [0.15, 0.2) is 24.3 Å². The Morgan fingerprint density at radius 3 is 2.50 bits per heavy atom. The van der Waals surface area contributed by atoms with Gasteiger partial charge in [0.05, 0.1) is 5.69 Å². The molecule has 4 nitrogen and oxygen atoms in total. The van der Waals surface area contributed by atoms with Crippen LogP contribution in [0.3, 0.4) is 0 Å². The van der Waals surface area contributed by atoms with Gasteiger partial charge in [0.2, 0.25) is 12.2 Å². The Bertz CT molecular complexity index is 385. The highest BCUT2D eigenvalue weighted by Crippen LogP contribution is 2.14. The molecule has 0 bridgehead atoms. The number of hydrogen-bond acceptors (Lipinski definition) is 3. The van der Waals surface area contributed by atoms with Gasteiger partial charge in [0.1, 0.15) is 0 Å². The van der Waals surface area contributed by atoms with Gasteiger partial charge in [0, 0.05) is 12.5 Å². The maximum atomic E-state index is 11.3. The van der Waals surface area contributed by atoms with Gasteiger partial charge in [-0.25, -0.2) is 0 Å². The monoisotopic (exact) mass is 191 g/mol. The summed E-state index contributed by atoms with van der Waals surface area (Å²) in [5.41, 5.74) is 0.565. The Kier molecular flexibility index (Phi) is 3.12. The third-order valence-electron chi connectivity index (χ3n) is 1.71. The Hall–Kier alpha value is -1.97. The Balaban J connectivity index is 3.12. The molecule has 0 radical (unpaired) electrons. The van der Waals surface area contributed by atoms with Crippen molar-refractivity contribution in [2.45, 2.75) is 6.92 Å². The van der Waals surface area contributed by atoms with E-state index in [2.05, 4.69) is 5.32 Å². The number of rotatable bonds is 4. The van der Waals surface area contributed by atoms with E-state index in [9.17, 15) is 14.4 Å². The predicted octanol–water partition coefficient (Wildman–Crippen LogP) is 1.03. The Labute approximate surface area is 80.9 Å². The zero-order valence-corrected chi connectivity index (χ0v) is 7.61. The predicted molar refractivity (Wildman–Crippen MR) is 51.1 cm³/mol. The summed E-state index contributed by atoms with van der Waals surface area (Å²) in [6.45, 7) is 1.19. The van der Waals surface area contributed by atoms with Gasteiger partial charge in [0.25, 0.3) is 0 Å². The molecular formula is C10H9NO3. The first-order valence-electron chi connectivity index (χ1n) is 4.01. The van der Waals surface area contributed by atoms with Gasteiger partial charge < -0.3 is 5.32 Å². The second-order valence-electron chi connectivity index (χ2n) is 2.69. The van der Waals surface area contributed by atoms with Gasteiger partial charge in [-0.15, -0.1) is 0 Å². The van der Waals surface area contributed by atoms with Crippen LogP contribution in [-0.2, 0) is 9.59 Å². The zero-order chi connectivity index (χ0) is 10.6. The quantitative estimate of drug-likeness (QED) is 0.439. The molecule has 0 aliphatic carbocycles. The Morgan fingerprint density at radius 2 is 1.93 bits per heavy atom. The van der Waals surface area contributed by atoms with E-state index < -0.39 is 11.6 Å². The van der Waals surface area contributed by atoms with Crippen LogP contribution < -0.4 is 5.32 Å². The molecule has 0 fully saturated rings. The molecule has 0 aliphatic rings. The molecule has 14 heavy (non-hydrogen) atoms. The summed E-state index contributed by atoms with van der Waals surface area (Å²) in [6, 6.07) is 6.36. The molecule has 1 N–H and O–H groups in total. The number of benzene rings is 1. The minimum Gasteiger partial charge on any atom is -0.328 e. The normalized spacial score (nSPS) is 9.21. The standard InChI is InChI=1S/C10H9NO3/c1-7(13)10(14)8-4-2-3-5-9(8)11-6-12/h2-6H,1H3,(H,11,12). The SMILES string of the molecule is CC(=O)C(=O)c1ccccc1NC=O. The van der Waals surface area contributed by atoms with Crippen LogP contribution in [0.5, 0.6) is 0 Å². The molecule has 0 unspecified atom stereocenters. The third-order valence-corrected chi connectivity index (χ3v) is 1.71. The number of anilines is 1. The number of ketones is 2. The smallest absolute Gasteiger partial charge is 0.230 e. The summed E-state index contributed by atoms with van der Waals surface area (Å²) in [4.78, 5) is 32.4. The van der Waals surface area contributed by atoms with E-state index >= 15 is 0 Å². The molecule has 0 spiro atoms. The van der Waals surface area contributed by atoms with Gasteiger partial charge in [-0.1, -0.05) is 12.1 Å². The van der Waals surface area contributed by atoms with Gasteiger partial charge in [0.15, 0.2) is 5.78 Å². The first kappa shape index (κ1) is 10.1. The van der Waals surface area contributed by atoms with Crippen molar-refractivity contribution in [3.63, 3.8) is 0 Å². The van der Waals surface area contributed by atoms with Gasteiger partial charge in [-0.05, 0) is 12.1 Å². The molecule has 0 saturated heterocycles. The van der Waals surface area contributed by atoms with E-state index in [4.69, 9.17) is 0 Å². The molecule has 0 heterocycles. The summed E-state index contributed by atoms with van der Waals surface area (Å²) in [6.07, 6.45) is 0.465. The fourth-order valence-electron chi connectivity index (χ4n) is 1.06. The number of amides is 1. The van der Waals surface area contributed by atoms with Gasteiger partial charge in [-0.2, -0.15) is 0 Å². The van der Waals surface area contributed by atoms with Crippen molar-refractivity contribution in [3.8, 4) is 0 Å². The molecule has 72 valence electrons. The molecule has 1 amide bonds. The van der Waals surface area contributed by atoms with Crippen molar-refractivity contribution in [1.82, 2.24) is 0 Å². The zero-order valence-electron chi connectivity index (χ0n) is 7.61. The molecule has 1 aromatic carbocycles. The topological polar surface area (TPSA) is 63.2 Å². The second kappa shape index (κ2) is 4.32. The second-order valence-corrected chi connectivity index (χ2v) is 2.69. The highest BCUT2D eigenvalue weighted by atomic mass is 16.2. The molecule has 0 atom stereocenters. The summed E-state index contributed by atoms with van der Waals surface area (Å²) in [7, 11) is 0. The van der Waals surface area contributed by atoms with E-state index in [0.29, 0.717) is 12.1 Å². The maximum Gasteiger partial charge on any atom is 0.230 e. The fourth-order valence-corrected chi connectivity index (χ4v) is 1.06. The largest absolute Gasteiger partial charge is 0.328 e. The minimum absolute atomic E-state index is 0.215. The van der Waals surface area contributed by atoms with Crippen LogP contribution in [0.4, 0.5) is 5.69 Å². The van der Waals surface area contributed by atoms with Crippen molar-refractivity contribution < 1.29 is 14.4 Å².